The third kappa shape index (κ3) is 3.22. The Kier molecular flexibility index (Phi) is 4.66. The van der Waals surface area contributed by atoms with Crippen molar-refractivity contribution >= 4 is 22.8 Å². The molecule has 0 unspecified atom stereocenters. The Morgan fingerprint density at radius 3 is 2.13 bits per heavy atom. The Hall–Kier alpha value is -4.07. The number of benzene rings is 2. The molecule has 0 aliphatic carbocycles. The van der Waals surface area contributed by atoms with E-state index in [0.29, 0.717) is 48.1 Å². The first kappa shape index (κ1) is 18.9. The van der Waals surface area contributed by atoms with Crippen molar-refractivity contribution in [3.8, 4) is 5.69 Å². The number of aryl methyl sites for hydroxylation is 1. The minimum absolute atomic E-state index is 0.159. The molecule has 0 spiro atoms. The van der Waals surface area contributed by atoms with Gasteiger partial charge in [0.25, 0.3) is 17.4 Å². The van der Waals surface area contributed by atoms with Crippen LogP contribution in [0.2, 0.25) is 0 Å². The second-order valence-electron chi connectivity index (χ2n) is 7.39. The zero-order valence-electron chi connectivity index (χ0n) is 16.6. The normalized spacial score (nSPS) is 13.2. The molecule has 2 aromatic carbocycles. The summed E-state index contributed by atoms with van der Waals surface area (Å²) in [6.07, 6.45) is 4.29. The van der Waals surface area contributed by atoms with Gasteiger partial charge in [0, 0.05) is 13.1 Å². The number of carbonyl (C=O) groups excluding carboxylic acids is 2. The van der Waals surface area contributed by atoms with E-state index in [9.17, 15) is 14.4 Å². The number of carbonyl (C=O) groups is 2. The molecule has 154 valence electrons. The van der Waals surface area contributed by atoms with Gasteiger partial charge in [0.1, 0.15) is 5.39 Å². The molecule has 0 radical (unpaired) electrons. The van der Waals surface area contributed by atoms with Crippen LogP contribution in [0, 0.1) is 0 Å². The molecule has 1 aliphatic rings. The predicted octanol–water partition coefficient (Wildman–Crippen LogP) is 2.66. The van der Waals surface area contributed by atoms with Gasteiger partial charge in [-0.3, -0.25) is 23.9 Å². The fraction of sp³-hybridized carbons (Fsp3) is 0.174. The van der Waals surface area contributed by atoms with Gasteiger partial charge in [0.05, 0.1) is 29.3 Å². The summed E-state index contributed by atoms with van der Waals surface area (Å²) >= 11 is 0. The second-order valence-corrected chi connectivity index (χ2v) is 7.39. The lowest BCUT2D eigenvalue weighted by Crippen LogP contribution is -2.31. The van der Waals surface area contributed by atoms with E-state index in [1.807, 2.05) is 30.3 Å². The SMILES string of the molecule is O=C1c2ccccc2C(=O)N1CCCCn1cnc2c(cnn2-c2ccccc2)c1=O. The number of amides is 2. The van der Waals surface area contributed by atoms with Crippen LogP contribution >= 0.6 is 0 Å². The number of fused-ring (bicyclic) bond motifs is 2. The Morgan fingerprint density at radius 2 is 1.42 bits per heavy atom. The standard InChI is InChI=1S/C23H19N5O3/c29-21-19-14-25-28(16-8-2-1-3-9-16)20(19)24-15-26(21)12-6-7-13-27-22(30)17-10-4-5-11-18(17)23(27)31/h1-5,8-11,14-15H,6-7,12-13H2. The van der Waals surface area contributed by atoms with Crippen molar-refractivity contribution < 1.29 is 9.59 Å². The smallest absolute Gasteiger partial charge is 0.264 e. The van der Waals surface area contributed by atoms with Gasteiger partial charge in [-0.05, 0) is 37.1 Å². The molecule has 1 aliphatic heterocycles. The van der Waals surface area contributed by atoms with Crippen LogP contribution < -0.4 is 5.56 Å². The number of unbranched alkanes of at least 4 members (excludes halogenated alkanes) is 1. The number of nitrogens with zero attached hydrogens (tertiary/aromatic N) is 5. The van der Waals surface area contributed by atoms with E-state index in [0.717, 1.165) is 5.69 Å². The molecule has 0 atom stereocenters. The summed E-state index contributed by atoms with van der Waals surface area (Å²) in [5.74, 6) is -0.511. The highest BCUT2D eigenvalue weighted by Crippen LogP contribution is 2.22. The molecule has 8 heteroatoms. The molecule has 5 rings (SSSR count). The lowest BCUT2D eigenvalue weighted by Gasteiger charge is -2.13. The highest BCUT2D eigenvalue weighted by atomic mass is 16.2. The van der Waals surface area contributed by atoms with Crippen LogP contribution in [0.3, 0.4) is 0 Å². The number of imide groups is 1. The summed E-state index contributed by atoms with van der Waals surface area (Å²) in [6.45, 7) is 0.768. The molecule has 3 heterocycles. The van der Waals surface area contributed by atoms with Crippen LogP contribution in [0.1, 0.15) is 33.6 Å². The third-order valence-electron chi connectivity index (χ3n) is 5.46. The number of para-hydroxylation sites is 1. The fourth-order valence-corrected chi connectivity index (χ4v) is 3.86. The maximum atomic E-state index is 12.8. The highest BCUT2D eigenvalue weighted by Gasteiger charge is 2.34. The molecule has 31 heavy (non-hydrogen) atoms. The number of hydrogen-bond donors (Lipinski definition) is 0. The van der Waals surface area contributed by atoms with Gasteiger partial charge < -0.3 is 0 Å². The molecule has 0 saturated carbocycles. The van der Waals surface area contributed by atoms with Gasteiger partial charge in [0.2, 0.25) is 0 Å². The molecule has 0 N–H and O–H groups in total. The monoisotopic (exact) mass is 413 g/mol. The highest BCUT2D eigenvalue weighted by molar-refractivity contribution is 6.21. The van der Waals surface area contributed by atoms with E-state index in [1.165, 1.54) is 17.4 Å². The van der Waals surface area contributed by atoms with E-state index in [2.05, 4.69) is 10.1 Å². The molecule has 0 bridgehead atoms. The van der Waals surface area contributed by atoms with E-state index >= 15 is 0 Å². The van der Waals surface area contributed by atoms with Gasteiger partial charge in [0.15, 0.2) is 5.65 Å². The first-order valence-electron chi connectivity index (χ1n) is 10.1. The topological polar surface area (TPSA) is 90.1 Å². The maximum absolute atomic E-state index is 12.8. The molecule has 4 aromatic rings. The average molecular weight is 413 g/mol. The van der Waals surface area contributed by atoms with Crippen LogP contribution in [0.25, 0.3) is 16.7 Å². The van der Waals surface area contributed by atoms with Crippen molar-refractivity contribution in [1.82, 2.24) is 24.2 Å². The van der Waals surface area contributed by atoms with Crippen molar-refractivity contribution in [2.45, 2.75) is 19.4 Å². The van der Waals surface area contributed by atoms with Crippen molar-refractivity contribution in [3.63, 3.8) is 0 Å². The summed E-state index contributed by atoms with van der Waals surface area (Å²) in [4.78, 5) is 43.4. The molecule has 8 nitrogen and oxygen atoms in total. The molecule has 0 fully saturated rings. The van der Waals surface area contributed by atoms with E-state index in [-0.39, 0.29) is 17.4 Å². The van der Waals surface area contributed by atoms with Gasteiger partial charge in [-0.1, -0.05) is 30.3 Å². The van der Waals surface area contributed by atoms with Crippen molar-refractivity contribution in [1.29, 1.82) is 0 Å². The van der Waals surface area contributed by atoms with Crippen LogP contribution in [0.4, 0.5) is 0 Å². The van der Waals surface area contributed by atoms with E-state index in [1.54, 1.807) is 33.5 Å². The zero-order chi connectivity index (χ0) is 21.4. The van der Waals surface area contributed by atoms with Crippen molar-refractivity contribution in [3.05, 3.63) is 88.6 Å². The summed E-state index contributed by atoms with van der Waals surface area (Å²) in [7, 11) is 0. The molecule has 0 saturated heterocycles. The third-order valence-corrected chi connectivity index (χ3v) is 5.46. The second kappa shape index (κ2) is 7.64. The largest absolute Gasteiger partial charge is 0.299 e. The lowest BCUT2D eigenvalue weighted by atomic mass is 10.1. The van der Waals surface area contributed by atoms with Gasteiger partial charge >= 0.3 is 0 Å². The Labute approximate surface area is 177 Å². The number of aromatic nitrogens is 4. The predicted molar refractivity (Wildman–Crippen MR) is 114 cm³/mol. The van der Waals surface area contributed by atoms with Gasteiger partial charge in [-0.2, -0.15) is 5.10 Å². The summed E-state index contributed by atoms with van der Waals surface area (Å²) in [6, 6.07) is 16.4. The first-order valence-corrected chi connectivity index (χ1v) is 10.1. The Bertz CT molecular complexity index is 1320. The molecule has 2 aromatic heterocycles. The lowest BCUT2D eigenvalue weighted by molar-refractivity contribution is 0.0651. The molecular formula is C23H19N5O3. The zero-order valence-corrected chi connectivity index (χ0v) is 16.6. The summed E-state index contributed by atoms with van der Waals surface area (Å²) < 4.78 is 3.19. The number of hydrogen-bond acceptors (Lipinski definition) is 5. The average Bonchev–Trinajstić information content (AvgIpc) is 3.34. The fourth-order valence-electron chi connectivity index (χ4n) is 3.86. The quantitative estimate of drug-likeness (QED) is 0.358. The first-order chi connectivity index (χ1) is 15.1. The van der Waals surface area contributed by atoms with Gasteiger partial charge in [-0.15, -0.1) is 0 Å². The minimum atomic E-state index is -0.255. The van der Waals surface area contributed by atoms with Crippen LogP contribution in [-0.2, 0) is 6.54 Å². The Morgan fingerprint density at radius 1 is 0.774 bits per heavy atom. The van der Waals surface area contributed by atoms with Gasteiger partial charge in [-0.25, -0.2) is 9.67 Å². The summed E-state index contributed by atoms with van der Waals surface area (Å²) in [5.41, 5.74) is 2.09. The van der Waals surface area contributed by atoms with Crippen molar-refractivity contribution in [2.24, 2.45) is 0 Å². The van der Waals surface area contributed by atoms with Crippen LogP contribution in [0.15, 0.2) is 71.9 Å². The molecular weight excluding hydrogens is 394 g/mol. The maximum Gasteiger partial charge on any atom is 0.264 e. The Balaban J connectivity index is 1.26. The minimum Gasteiger partial charge on any atom is -0.299 e. The summed E-state index contributed by atoms with van der Waals surface area (Å²) in [5, 5.41) is 4.76. The van der Waals surface area contributed by atoms with Crippen molar-refractivity contribution in [2.75, 3.05) is 6.54 Å². The number of rotatable bonds is 6. The molecule has 2 amide bonds. The van der Waals surface area contributed by atoms with Crippen LogP contribution in [0.5, 0.6) is 0 Å². The van der Waals surface area contributed by atoms with Crippen LogP contribution in [-0.4, -0.2) is 42.6 Å². The van der Waals surface area contributed by atoms with E-state index in [4.69, 9.17) is 0 Å². The van der Waals surface area contributed by atoms with E-state index < -0.39 is 0 Å².